The van der Waals surface area contributed by atoms with Gasteiger partial charge >= 0.3 is 142 Å². The molecule has 0 aromatic heterocycles. The van der Waals surface area contributed by atoms with E-state index in [1.54, 1.807) is 9.12 Å². The van der Waals surface area contributed by atoms with Crippen molar-refractivity contribution in [3.05, 3.63) is 21.3 Å². The minimum absolute atomic E-state index is 0.247. The SMILES string of the molecule is CCC[CH2][Sn]([CH2]CCC)([CH2]CCC)[C](/C=C/Cl)=C/CCO. The predicted molar refractivity (Wildman–Crippen MR) is 99.7 cm³/mol. The molecule has 0 aromatic carbocycles. The molecule has 0 bridgehead atoms. The molecule has 0 spiro atoms. The zero-order valence-electron chi connectivity index (χ0n) is 14.3. The van der Waals surface area contributed by atoms with Crippen molar-refractivity contribution in [2.24, 2.45) is 0 Å². The van der Waals surface area contributed by atoms with E-state index in [4.69, 9.17) is 11.6 Å². The van der Waals surface area contributed by atoms with E-state index >= 15 is 0 Å². The van der Waals surface area contributed by atoms with Crippen LogP contribution in [-0.2, 0) is 0 Å². The van der Waals surface area contributed by atoms with E-state index in [1.165, 1.54) is 51.8 Å². The topological polar surface area (TPSA) is 20.2 Å². The van der Waals surface area contributed by atoms with Crippen LogP contribution in [0.4, 0.5) is 0 Å². The van der Waals surface area contributed by atoms with Gasteiger partial charge in [0.25, 0.3) is 0 Å². The van der Waals surface area contributed by atoms with Crippen LogP contribution in [0.25, 0.3) is 0 Å². The van der Waals surface area contributed by atoms with Crippen molar-refractivity contribution in [1.29, 1.82) is 0 Å². The summed E-state index contributed by atoms with van der Waals surface area (Å²) in [6.07, 6.45) is 13.2. The summed E-state index contributed by atoms with van der Waals surface area (Å²) < 4.78 is 5.90. The molecule has 0 aromatic rings. The van der Waals surface area contributed by atoms with Crippen molar-refractivity contribution in [3.63, 3.8) is 0 Å². The summed E-state index contributed by atoms with van der Waals surface area (Å²) in [5.41, 5.74) is 1.69. The van der Waals surface area contributed by atoms with Gasteiger partial charge in [-0.15, -0.1) is 0 Å². The number of hydrogen-bond acceptors (Lipinski definition) is 1. The Morgan fingerprint density at radius 1 is 0.952 bits per heavy atom. The Morgan fingerprint density at radius 3 is 1.76 bits per heavy atom. The van der Waals surface area contributed by atoms with Crippen LogP contribution in [0.15, 0.2) is 21.3 Å². The average molecular weight is 422 g/mol. The van der Waals surface area contributed by atoms with Crippen LogP contribution in [0.5, 0.6) is 0 Å². The van der Waals surface area contributed by atoms with E-state index in [0.29, 0.717) is 0 Å². The molecule has 0 aliphatic carbocycles. The fraction of sp³-hybridized carbons (Fsp3) is 0.778. The molecule has 0 amide bonds. The second-order valence-corrected chi connectivity index (χ2v) is 19.5. The van der Waals surface area contributed by atoms with Crippen LogP contribution >= 0.6 is 11.6 Å². The molecular formula is C18H35ClOSn. The van der Waals surface area contributed by atoms with E-state index in [9.17, 15) is 5.11 Å². The Bertz CT molecular complexity index is 278. The standard InChI is InChI=1S/C6H8ClO.3C4H9.Sn/c7-5-3-1-2-4-6-8;3*1-3-4-2;/h2-3,5,8H,4,6H2;3*1,3-4H2,2H3;/b2-1?,5-3+;;;;. The summed E-state index contributed by atoms with van der Waals surface area (Å²) in [6, 6.07) is 0. The summed E-state index contributed by atoms with van der Waals surface area (Å²) in [7, 11) is 0. The third-order valence-electron chi connectivity index (χ3n) is 4.37. The molecule has 0 radical (unpaired) electrons. The Kier molecular flexibility index (Phi) is 14.5. The number of halogens is 1. The number of unbranched alkanes of at least 4 members (excludes halogenated alkanes) is 3. The molecule has 0 aliphatic rings. The molecule has 0 unspecified atom stereocenters. The van der Waals surface area contributed by atoms with Crippen LogP contribution in [0.3, 0.4) is 0 Å². The number of aliphatic hydroxyl groups is 1. The summed E-state index contributed by atoms with van der Waals surface area (Å²) in [5.74, 6) is 0. The van der Waals surface area contributed by atoms with E-state index in [1.807, 2.05) is 0 Å². The van der Waals surface area contributed by atoms with Crippen LogP contribution in [0, 0.1) is 0 Å². The Labute approximate surface area is 141 Å². The van der Waals surface area contributed by atoms with Crippen molar-refractivity contribution in [2.75, 3.05) is 6.61 Å². The van der Waals surface area contributed by atoms with Gasteiger partial charge in [-0.1, -0.05) is 0 Å². The normalized spacial score (nSPS) is 13.3. The van der Waals surface area contributed by atoms with Gasteiger partial charge in [-0.2, -0.15) is 0 Å². The van der Waals surface area contributed by atoms with Crippen LogP contribution in [-0.4, -0.2) is 30.1 Å². The van der Waals surface area contributed by atoms with Gasteiger partial charge in [-0.25, -0.2) is 0 Å². The molecule has 1 N–H and O–H groups in total. The molecule has 0 saturated heterocycles. The van der Waals surface area contributed by atoms with Gasteiger partial charge in [0.05, 0.1) is 0 Å². The van der Waals surface area contributed by atoms with Gasteiger partial charge in [0, 0.05) is 0 Å². The summed E-state index contributed by atoms with van der Waals surface area (Å²) in [4.78, 5) is 0. The quantitative estimate of drug-likeness (QED) is 0.268. The third kappa shape index (κ3) is 8.66. The van der Waals surface area contributed by atoms with Crippen molar-refractivity contribution >= 4 is 30.0 Å². The molecule has 0 saturated carbocycles. The maximum atomic E-state index is 9.20. The molecule has 124 valence electrons. The molecular weight excluding hydrogens is 386 g/mol. The van der Waals surface area contributed by atoms with E-state index in [0.717, 1.165) is 6.42 Å². The first-order chi connectivity index (χ1) is 10.2. The Hall–Kier alpha value is 0.529. The number of allylic oxidation sites excluding steroid dienone is 2. The minimum atomic E-state index is -2.35. The molecule has 3 heteroatoms. The summed E-state index contributed by atoms with van der Waals surface area (Å²) in [5, 5.41) is 9.20. The molecule has 0 heterocycles. The Balaban J connectivity index is 5.39. The van der Waals surface area contributed by atoms with Gasteiger partial charge < -0.3 is 0 Å². The number of rotatable bonds is 13. The van der Waals surface area contributed by atoms with Gasteiger partial charge in [-0.05, 0) is 0 Å². The van der Waals surface area contributed by atoms with Crippen molar-refractivity contribution < 1.29 is 5.11 Å². The number of aliphatic hydroxyl groups excluding tert-OH is 1. The van der Waals surface area contributed by atoms with Crippen molar-refractivity contribution in [2.45, 2.75) is 79.0 Å². The van der Waals surface area contributed by atoms with E-state index in [2.05, 4.69) is 32.9 Å². The first-order valence-electron chi connectivity index (χ1n) is 8.79. The van der Waals surface area contributed by atoms with Crippen LogP contribution in [0.2, 0.25) is 13.3 Å². The van der Waals surface area contributed by atoms with Gasteiger partial charge in [0.1, 0.15) is 0 Å². The van der Waals surface area contributed by atoms with Crippen molar-refractivity contribution in [3.8, 4) is 0 Å². The van der Waals surface area contributed by atoms with Gasteiger partial charge in [0.2, 0.25) is 0 Å². The van der Waals surface area contributed by atoms with E-state index < -0.39 is 18.4 Å². The van der Waals surface area contributed by atoms with E-state index in [-0.39, 0.29) is 6.61 Å². The second kappa shape index (κ2) is 14.1. The van der Waals surface area contributed by atoms with Gasteiger partial charge in [0.15, 0.2) is 0 Å². The summed E-state index contributed by atoms with van der Waals surface area (Å²) >= 11 is 3.59. The number of hydrogen-bond donors (Lipinski definition) is 1. The molecule has 0 rings (SSSR count). The van der Waals surface area contributed by atoms with Crippen LogP contribution in [0.1, 0.15) is 65.7 Å². The first kappa shape index (κ1) is 21.5. The molecule has 0 fully saturated rings. The molecule has 21 heavy (non-hydrogen) atoms. The molecule has 0 atom stereocenters. The maximum absolute atomic E-state index is 9.20. The average Bonchev–Trinajstić information content (AvgIpc) is 2.51. The molecule has 0 aliphatic heterocycles. The summed E-state index contributed by atoms with van der Waals surface area (Å²) in [6.45, 7) is 7.14. The Morgan fingerprint density at radius 2 is 1.43 bits per heavy atom. The van der Waals surface area contributed by atoms with Gasteiger partial charge in [-0.3, -0.25) is 0 Å². The first-order valence-corrected chi connectivity index (χ1v) is 16.7. The van der Waals surface area contributed by atoms with Crippen LogP contribution < -0.4 is 0 Å². The fourth-order valence-corrected chi connectivity index (χ4v) is 19.9. The molecule has 1 nitrogen and oxygen atoms in total. The second-order valence-electron chi connectivity index (χ2n) is 6.06. The zero-order chi connectivity index (χ0) is 16.0. The predicted octanol–water partition coefficient (Wildman–Crippen LogP) is 6.44. The monoisotopic (exact) mass is 422 g/mol. The van der Waals surface area contributed by atoms with Crippen molar-refractivity contribution in [1.82, 2.24) is 0 Å². The third-order valence-corrected chi connectivity index (χ3v) is 20.3. The fourth-order valence-electron chi connectivity index (χ4n) is 3.10. The zero-order valence-corrected chi connectivity index (χ0v) is 17.9.